The molecule has 2 rings (SSSR count). The number of carbonyl (C=O) groups is 1. The van der Waals surface area contributed by atoms with Gasteiger partial charge in [0.05, 0.1) is 16.6 Å². The summed E-state index contributed by atoms with van der Waals surface area (Å²) >= 11 is 5.90. The number of hydrogen-bond acceptors (Lipinski definition) is 4. The van der Waals surface area contributed by atoms with Gasteiger partial charge in [0.15, 0.2) is 0 Å². The second-order valence-corrected chi connectivity index (χ2v) is 5.25. The van der Waals surface area contributed by atoms with Gasteiger partial charge in [0.2, 0.25) is 0 Å². The van der Waals surface area contributed by atoms with Crippen LogP contribution in [-0.4, -0.2) is 28.1 Å². The largest absolute Gasteiger partial charge is 0.393 e. The van der Waals surface area contributed by atoms with Crippen molar-refractivity contribution in [2.75, 3.05) is 0 Å². The number of hydrogen-bond donors (Lipinski definition) is 2. The first-order valence-electron chi connectivity index (χ1n) is 6.41. The van der Waals surface area contributed by atoms with Crippen LogP contribution in [0.4, 0.5) is 5.69 Å². The molecular formula is C13H15ClN2O4. The molecule has 0 spiro atoms. The highest BCUT2D eigenvalue weighted by atomic mass is 35.5. The van der Waals surface area contributed by atoms with Gasteiger partial charge in [0.1, 0.15) is 5.02 Å². The minimum absolute atomic E-state index is 0.0266. The number of carbonyl (C=O) groups excluding carboxylic acids is 1. The number of nitrogens with zero attached hydrogens (tertiary/aromatic N) is 1. The van der Waals surface area contributed by atoms with Crippen LogP contribution in [0.2, 0.25) is 5.02 Å². The molecule has 1 aliphatic carbocycles. The molecule has 108 valence electrons. The van der Waals surface area contributed by atoms with E-state index in [0.717, 1.165) is 0 Å². The third-order valence-electron chi connectivity index (χ3n) is 3.45. The average molecular weight is 299 g/mol. The number of nitro benzene ring substituents is 1. The highest BCUT2D eigenvalue weighted by molar-refractivity contribution is 6.35. The van der Waals surface area contributed by atoms with Gasteiger partial charge in [-0.25, -0.2) is 0 Å². The molecule has 1 fully saturated rings. The van der Waals surface area contributed by atoms with Crippen molar-refractivity contribution in [1.29, 1.82) is 0 Å². The Hall–Kier alpha value is -1.66. The first kappa shape index (κ1) is 14.7. The minimum Gasteiger partial charge on any atom is -0.393 e. The maximum atomic E-state index is 12.1. The lowest BCUT2D eigenvalue weighted by Gasteiger charge is -2.26. The predicted octanol–water partition coefficient (Wildman–Crippen LogP) is 2.28. The number of amides is 1. The van der Waals surface area contributed by atoms with Crippen molar-refractivity contribution >= 4 is 23.2 Å². The monoisotopic (exact) mass is 298 g/mol. The van der Waals surface area contributed by atoms with E-state index in [9.17, 15) is 20.0 Å². The highest BCUT2D eigenvalue weighted by Crippen LogP contribution is 2.28. The van der Waals surface area contributed by atoms with Crippen LogP contribution in [0.5, 0.6) is 0 Å². The summed E-state index contributed by atoms with van der Waals surface area (Å²) in [5.74, 6) is -0.417. The van der Waals surface area contributed by atoms with Gasteiger partial charge >= 0.3 is 0 Å². The predicted molar refractivity (Wildman–Crippen MR) is 73.8 cm³/mol. The smallest absolute Gasteiger partial charge is 0.288 e. The number of nitrogens with one attached hydrogen (secondary N) is 1. The molecule has 0 aromatic heterocycles. The molecule has 0 heterocycles. The lowest BCUT2D eigenvalue weighted by Crippen LogP contribution is -2.38. The summed E-state index contributed by atoms with van der Waals surface area (Å²) in [6.07, 6.45) is 2.38. The van der Waals surface area contributed by atoms with E-state index in [4.69, 9.17) is 11.6 Å². The first-order chi connectivity index (χ1) is 9.49. The van der Waals surface area contributed by atoms with Crippen molar-refractivity contribution in [3.8, 4) is 0 Å². The lowest BCUT2D eigenvalue weighted by molar-refractivity contribution is -0.384. The topological polar surface area (TPSA) is 92.5 Å². The summed E-state index contributed by atoms with van der Waals surface area (Å²) in [6, 6.07) is 4.13. The van der Waals surface area contributed by atoms with Crippen molar-refractivity contribution in [3.05, 3.63) is 38.9 Å². The third-order valence-corrected chi connectivity index (χ3v) is 3.85. The summed E-state index contributed by atoms with van der Waals surface area (Å²) < 4.78 is 0. The normalized spacial score (nSPS) is 22.3. The number of benzene rings is 1. The molecule has 0 aliphatic heterocycles. The van der Waals surface area contributed by atoms with E-state index in [0.29, 0.717) is 25.7 Å². The molecule has 2 N–H and O–H groups in total. The van der Waals surface area contributed by atoms with Gasteiger partial charge in [0.25, 0.3) is 11.6 Å². The van der Waals surface area contributed by atoms with Gasteiger partial charge < -0.3 is 10.4 Å². The Kier molecular flexibility index (Phi) is 4.57. The zero-order valence-corrected chi connectivity index (χ0v) is 11.5. The van der Waals surface area contributed by atoms with E-state index in [1.165, 1.54) is 18.2 Å². The Morgan fingerprint density at radius 3 is 2.60 bits per heavy atom. The number of halogens is 1. The molecule has 0 radical (unpaired) electrons. The molecule has 0 atom stereocenters. The molecule has 6 nitrogen and oxygen atoms in total. The number of aliphatic hydroxyl groups excluding tert-OH is 1. The van der Waals surface area contributed by atoms with Gasteiger partial charge in [-0.05, 0) is 31.7 Å². The molecule has 1 saturated carbocycles. The number of nitro groups is 1. The molecule has 1 aromatic carbocycles. The Bertz CT molecular complexity index is 527. The van der Waals surface area contributed by atoms with Gasteiger partial charge in [-0.1, -0.05) is 17.7 Å². The fourth-order valence-corrected chi connectivity index (χ4v) is 2.60. The van der Waals surface area contributed by atoms with E-state index >= 15 is 0 Å². The Morgan fingerprint density at radius 1 is 1.35 bits per heavy atom. The van der Waals surface area contributed by atoms with Gasteiger partial charge in [-0.2, -0.15) is 0 Å². The van der Waals surface area contributed by atoms with Crippen molar-refractivity contribution in [1.82, 2.24) is 5.32 Å². The van der Waals surface area contributed by atoms with Gasteiger partial charge in [0, 0.05) is 12.1 Å². The van der Waals surface area contributed by atoms with Crippen LogP contribution in [0.1, 0.15) is 36.0 Å². The fourth-order valence-electron chi connectivity index (χ4n) is 2.32. The minimum atomic E-state index is -0.615. The van der Waals surface area contributed by atoms with E-state index in [1.807, 2.05) is 0 Å². The molecule has 0 unspecified atom stereocenters. The molecule has 7 heteroatoms. The second kappa shape index (κ2) is 6.19. The lowest BCUT2D eigenvalue weighted by atomic mass is 9.93. The Morgan fingerprint density at radius 2 is 2.00 bits per heavy atom. The van der Waals surface area contributed by atoms with Crippen LogP contribution in [-0.2, 0) is 0 Å². The number of rotatable bonds is 3. The van der Waals surface area contributed by atoms with Crippen LogP contribution < -0.4 is 5.32 Å². The SMILES string of the molecule is O=C(NC1CCC(O)CC1)c1cccc([N+](=O)[O-])c1Cl. The van der Waals surface area contributed by atoms with Crippen LogP contribution in [0, 0.1) is 10.1 Å². The summed E-state index contributed by atoms with van der Waals surface area (Å²) in [5.41, 5.74) is -0.176. The van der Waals surface area contributed by atoms with E-state index in [2.05, 4.69) is 5.32 Å². The molecule has 1 aliphatic rings. The molecular weight excluding hydrogens is 284 g/mol. The zero-order chi connectivity index (χ0) is 14.7. The Labute approximate surface area is 120 Å². The van der Waals surface area contributed by atoms with Crippen LogP contribution in [0.25, 0.3) is 0 Å². The second-order valence-electron chi connectivity index (χ2n) is 4.87. The summed E-state index contributed by atoms with van der Waals surface area (Å²) in [5, 5.41) is 22.9. The molecule has 20 heavy (non-hydrogen) atoms. The van der Waals surface area contributed by atoms with Crippen LogP contribution in [0.15, 0.2) is 18.2 Å². The van der Waals surface area contributed by atoms with Crippen LogP contribution in [0.3, 0.4) is 0 Å². The molecule has 0 bridgehead atoms. The zero-order valence-electron chi connectivity index (χ0n) is 10.7. The van der Waals surface area contributed by atoms with E-state index in [1.54, 1.807) is 0 Å². The maximum Gasteiger partial charge on any atom is 0.288 e. The maximum absolute atomic E-state index is 12.1. The van der Waals surface area contributed by atoms with Crippen molar-refractivity contribution in [2.24, 2.45) is 0 Å². The molecule has 0 saturated heterocycles. The number of aliphatic hydroxyl groups is 1. The van der Waals surface area contributed by atoms with Crippen molar-refractivity contribution in [3.63, 3.8) is 0 Å². The van der Waals surface area contributed by atoms with Gasteiger partial charge in [-0.3, -0.25) is 14.9 Å². The molecule has 1 amide bonds. The van der Waals surface area contributed by atoms with Gasteiger partial charge in [-0.15, -0.1) is 0 Å². The third kappa shape index (κ3) is 3.26. The van der Waals surface area contributed by atoms with Crippen LogP contribution >= 0.6 is 11.6 Å². The fraction of sp³-hybridized carbons (Fsp3) is 0.462. The highest BCUT2D eigenvalue weighted by Gasteiger charge is 2.24. The summed E-state index contributed by atoms with van der Waals surface area (Å²) in [4.78, 5) is 22.3. The average Bonchev–Trinajstić information content (AvgIpc) is 2.41. The van der Waals surface area contributed by atoms with Crippen molar-refractivity contribution < 1.29 is 14.8 Å². The molecule has 1 aromatic rings. The standard InChI is InChI=1S/C13H15ClN2O4/c14-12-10(2-1-3-11(12)16(19)20)13(18)15-8-4-6-9(17)7-5-8/h1-3,8-9,17H,4-7H2,(H,15,18). The van der Waals surface area contributed by atoms with Crippen molar-refractivity contribution in [2.45, 2.75) is 37.8 Å². The quantitative estimate of drug-likeness (QED) is 0.661. The van der Waals surface area contributed by atoms with E-state index < -0.39 is 10.8 Å². The summed E-state index contributed by atoms with van der Waals surface area (Å²) in [6.45, 7) is 0. The van der Waals surface area contributed by atoms with E-state index in [-0.39, 0.29) is 28.4 Å². The Balaban J connectivity index is 2.10. The summed E-state index contributed by atoms with van der Waals surface area (Å²) in [7, 11) is 0. The first-order valence-corrected chi connectivity index (χ1v) is 6.78.